The van der Waals surface area contributed by atoms with Crippen LogP contribution in [0.15, 0.2) is 0 Å². The van der Waals surface area contributed by atoms with Crippen LogP contribution in [0, 0.1) is 11.3 Å². The highest BCUT2D eigenvalue weighted by Gasteiger charge is 2.32. The van der Waals surface area contributed by atoms with Crippen molar-refractivity contribution in [3.05, 3.63) is 0 Å². The van der Waals surface area contributed by atoms with E-state index in [1.54, 1.807) is 0 Å². The Kier molecular flexibility index (Phi) is 7.03. The molecule has 1 saturated carbocycles. The molecule has 0 amide bonds. The zero-order valence-corrected chi connectivity index (χ0v) is 12.8. The van der Waals surface area contributed by atoms with Gasteiger partial charge in [0, 0.05) is 5.33 Å². The van der Waals surface area contributed by atoms with E-state index in [4.69, 9.17) is 0 Å². The van der Waals surface area contributed by atoms with Gasteiger partial charge in [0.25, 0.3) is 0 Å². The van der Waals surface area contributed by atoms with Gasteiger partial charge in [-0.15, -0.1) is 0 Å². The highest BCUT2D eigenvalue weighted by Crippen LogP contribution is 2.44. The molecule has 1 aliphatic rings. The van der Waals surface area contributed by atoms with Crippen LogP contribution in [0.5, 0.6) is 0 Å². The van der Waals surface area contributed by atoms with E-state index >= 15 is 0 Å². The van der Waals surface area contributed by atoms with Gasteiger partial charge in [0.1, 0.15) is 0 Å². The molecule has 1 atom stereocenters. The summed E-state index contributed by atoms with van der Waals surface area (Å²) in [6.45, 7) is 4.69. The second-order valence-electron chi connectivity index (χ2n) is 5.81. The summed E-state index contributed by atoms with van der Waals surface area (Å²) in [4.78, 5) is 0. The highest BCUT2D eigenvalue weighted by molar-refractivity contribution is 9.09. The molecule has 0 spiro atoms. The predicted octanol–water partition coefficient (Wildman–Crippen LogP) is 5.94. The summed E-state index contributed by atoms with van der Waals surface area (Å²) in [5.74, 6) is 0.982. The molecule has 0 bridgehead atoms. The van der Waals surface area contributed by atoms with Crippen LogP contribution in [0.4, 0.5) is 0 Å². The van der Waals surface area contributed by atoms with Gasteiger partial charge < -0.3 is 0 Å². The Hall–Kier alpha value is 0.480. The van der Waals surface area contributed by atoms with E-state index in [0.29, 0.717) is 5.41 Å². The van der Waals surface area contributed by atoms with Crippen molar-refractivity contribution in [2.75, 3.05) is 5.33 Å². The molecule has 1 unspecified atom stereocenters. The third-order valence-electron chi connectivity index (χ3n) is 4.46. The summed E-state index contributed by atoms with van der Waals surface area (Å²) < 4.78 is 0. The van der Waals surface area contributed by atoms with Gasteiger partial charge in [-0.05, 0) is 30.6 Å². The van der Waals surface area contributed by atoms with Gasteiger partial charge in [-0.25, -0.2) is 0 Å². The van der Waals surface area contributed by atoms with E-state index in [-0.39, 0.29) is 0 Å². The maximum atomic E-state index is 3.79. The summed E-state index contributed by atoms with van der Waals surface area (Å²) >= 11 is 3.79. The molecule has 0 aromatic rings. The first-order chi connectivity index (χ1) is 7.76. The Morgan fingerprint density at radius 2 is 1.81 bits per heavy atom. The van der Waals surface area contributed by atoms with Gasteiger partial charge in [-0.3, -0.25) is 0 Å². The van der Waals surface area contributed by atoms with E-state index in [2.05, 4.69) is 29.8 Å². The molecule has 0 aromatic carbocycles. The molecule has 16 heavy (non-hydrogen) atoms. The van der Waals surface area contributed by atoms with Crippen LogP contribution in [0.2, 0.25) is 0 Å². The molecule has 0 radical (unpaired) electrons. The van der Waals surface area contributed by atoms with E-state index in [1.165, 1.54) is 69.5 Å². The van der Waals surface area contributed by atoms with Crippen LogP contribution in [-0.2, 0) is 0 Å². The van der Waals surface area contributed by atoms with Crippen molar-refractivity contribution >= 4 is 15.9 Å². The monoisotopic (exact) mass is 288 g/mol. The predicted molar refractivity (Wildman–Crippen MR) is 77.2 cm³/mol. The van der Waals surface area contributed by atoms with Crippen LogP contribution in [-0.4, -0.2) is 5.33 Å². The highest BCUT2D eigenvalue weighted by atomic mass is 79.9. The second-order valence-corrected chi connectivity index (χ2v) is 6.38. The lowest BCUT2D eigenvalue weighted by Crippen LogP contribution is -2.28. The summed E-state index contributed by atoms with van der Waals surface area (Å²) in [5.41, 5.74) is 0.659. The molecule has 96 valence electrons. The minimum Gasteiger partial charge on any atom is -0.0922 e. The number of rotatable bonds is 7. The van der Waals surface area contributed by atoms with Gasteiger partial charge in [-0.1, -0.05) is 74.7 Å². The number of hydrogen-bond donors (Lipinski definition) is 0. The standard InChI is InChI=1S/C15H29Br/c1-3-5-9-14(4-2)12-15(13-16)10-7-6-8-11-15/h14H,3-13H2,1-2H3. The van der Waals surface area contributed by atoms with Gasteiger partial charge in [0.2, 0.25) is 0 Å². The number of alkyl halides is 1. The summed E-state index contributed by atoms with van der Waals surface area (Å²) in [7, 11) is 0. The Morgan fingerprint density at radius 1 is 1.12 bits per heavy atom. The maximum absolute atomic E-state index is 3.79. The summed E-state index contributed by atoms with van der Waals surface area (Å²) in [6.07, 6.45) is 14.5. The zero-order chi connectivity index (χ0) is 11.9. The van der Waals surface area contributed by atoms with Crippen molar-refractivity contribution in [3.63, 3.8) is 0 Å². The van der Waals surface area contributed by atoms with Crippen molar-refractivity contribution in [3.8, 4) is 0 Å². The molecule has 0 aliphatic heterocycles. The largest absolute Gasteiger partial charge is 0.0922 e. The Morgan fingerprint density at radius 3 is 2.31 bits per heavy atom. The van der Waals surface area contributed by atoms with E-state index in [9.17, 15) is 0 Å². The maximum Gasteiger partial charge on any atom is 0.00880 e. The quantitative estimate of drug-likeness (QED) is 0.509. The van der Waals surface area contributed by atoms with Crippen molar-refractivity contribution < 1.29 is 0 Å². The van der Waals surface area contributed by atoms with Crippen molar-refractivity contribution in [2.45, 2.75) is 78.1 Å². The van der Waals surface area contributed by atoms with E-state index in [0.717, 1.165) is 5.92 Å². The van der Waals surface area contributed by atoms with Crippen LogP contribution >= 0.6 is 15.9 Å². The van der Waals surface area contributed by atoms with Crippen molar-refractivity contribution in [2.24, 2.45) is 11.3 Å². The SMILES string of the molecule is CCCCC(CC)CC1(CBr)CCCCC1. The number of hydrogen-bond acceptors (Lipinski definition) is 0. The Balaban J connectivity index is 2.45. The number of halogens is 1. The van der Waals surface area contributed by atoms with E-state index < -0.39 is 0 Å². The first kappa shape index (κ1) is 14.5. The Bertz CT molecular complexity index is 170. The smallest absolute Gasteiger partial charge is 0.00880 e. The lowest BCUT2D eigenvalue weighted by molar-refractivity contribution is 0.164. The third kappa shape index (κ3) is 4.39. The normalized spacial score (nSPS) is 21.9. The minimum absolute atomic E-state index is 0.659. The van der Waals surface area contributed by atoms with Crippen LogP contribution < -0.4 is 0 Å². The fourth-order valence-electron chi connectivity index (χ4n) is 3.25. The topological polar surface area (TPSA) is 0 Å². The fourth-order valence-corrected chi connectivity index (χ4v) is 4.04. The molecule has 0 aromatic heterocycles. The fraction of sp³-hybridized carbons (Fsp3) is 1.00. The molecule has 0 N–H and O–H groups in total. The van der Waals surface area contributed by atoms with Crippen LogP contribution in [0.25, 0.3) is 0 Å². The second kappa shape index (κ2) is 7.74. The van der Waals surface area contributed by atoms with Gasteiger partial charge in [0.15, 0.2) is 0 Å². The molecular formula is C15H29Br. The molecule has 0 saturated heterocycles. The first-order valence-electron chi connectivity index (χ1n) is 7.32. The first-order valence-corrected chi connectivity index (χ1v) is 8.44. The average molecular weight is 289 g/mol. The third-order valence-corrected chi connectivity index (χ3v) is 5.65. The number of unbranched alkanes of at least 4 members (excludes halogenated alkanes) is 1. The lowest BCUT2D eigenvalue weighted by Gasteiger charge is -2.38. The lowest BCUT2D eigenvalue weighted by atomic mass is 9.69. The van der Waals surface area contributed by atoms with Gasteiger partial charge >= 0.3 is 0 Å². The zero-order valence-electron chi connectivity index (χ0n) is 11.2. The molecule has 0 heterocycles. The minimum atomic E-state index is 0.659. The molecule has 1 rings (SSSR count). The van der Waals surface area contributed by atoms with Crippen LogP contribution in [0.1, 0.15) is 78.1 Å². The van der Waals surface area contributed by atoms with Crippen molar-refractivity contribution in [1.29, 1.82) is 0 Å². The van der Waals surface area contributed by atoms with Crippen molar-refractivity contribution in [1.82, 2.24) is 0 Å². The van der Waals surface area contributed by atoms with Gasteiger partial charge in [0.05, 0.1) is 0 Å². The molecule has 1 aliphatic carbocycles. The summed E-state index contributed by atoms with van der Waals surface area (Å²) in [5, 5.41) is 1.24. The Labute approximate surface area is 111 Å². The summed E-state index contributed by atoms with van der Waals surface area (Å²) in [6, 6.07) is 0. The average Bonchev–Trinajstić information content (AvgIpc) is 2.35. The molecule has 1 heteroatoms. The van der Waals surface area contributed by atoms with Crippen LogP contribution in [0.3, 0.4) is 0 Å². The van der Waals surface area contributed by atoms with Gasteiger partial charge in [-0.2, -0.15) is 0 Å². The molecule has 0 nitrogen and oxygen atoms in total. The molecule has 1 fully saturated rings. The van der Waals surface area contributed by atoms with E-state index in [1.807, 2.05) is 0 Å². The molecular weight excluding hydrogens is 260 g/mol.